The number of nitrogens with zero attached hydrogens (tertiary/aromatic N) is 1. The van der Waals surface area contributed by atoms with Gasteiger partial charge in [-0.3, -0.25) is 0 Å². The maximum absolute atomic E-state index is 4.81. The molecule has 0 spiro atoms. The van der Waals surface area contributed by atoms with Gasteiger partial charge in [-0.1, -0.05) is 68.4 Å². The summed E-state index contributed by atoms with van der Waals surface area (Å²) in [5.41, 5.74) is 5.72. The maximum atomic E-state index is 4.81. The van der Waals surface area contributed by atoms with Crippen molar-refractivity contribution in [2.75, 3.05) is 0 Å². The van der Waals surface area contributed by atoms with Gasteiger partial charge in [0.15, 0.2) is 0 Å². The molecule has 2 aromatic carbocycles. The number of hydrogen-bond acceptors (Lipinski definition) is 1. The predicted molar refractivity (Wildman–Crippen MR) is 89.2 cm³/mol. The Hall–Kier alpha value is -2.41. The Bertz CT molecular complexity index is 730. The first-order chi connectivity index (χ1) is 10.2. The summed E-state index contributed by atoms with van der Waals surface area (Å²) in [5.74, 6) is 0.530. The fourth-order valence-electron chi connectivity index (χ4n) is 2.42. The molecule has 0 fully saturated rings. The third kappa shape index (κ3) is 3.03. The van der Waals surface area contributed by atoms with Gasteiger partial charge in [-0.25, -0.2) is 4.98 Å². The van der Waals surface area contributed by atoms with Gasteiger partial charge in [-0.2, -0.15) is 0 Å². The van der Waals surface area contributed by atoms with Crippen molar-refractivity contribution in [2.24, 2.45) is 0 Å². The third-order valence-electron chi connectivity index (χ3n) is 3.67. The van der Waals surface area contributed by atoms with Crippen molar-refractivity contribution in [3.8, 4) is 22.5 Å². The summed E-state index contributed by atoms with van der Waals surface area (Å²) in [5, 5.41) is 0. The van der Waals surface area contributed by atoms with Crippen LogP contribution in [0.25, 0.3) is 22.5 Å². The molecule has 3 aromatic rings. The van der Waals surface area contributed by atoms with E-state index in [0.717, 1.165) is 17.0 Å². The topological polar surface area (TPSA) is 12.9 Å². The van der Waals surface area contributed by atoms with E-state index in [2.05, 4.69) is 68.4 Å². The number of hydrogen-bond donors (Lipinski definition) is 0. The van der Waals surface area contributed by atoms with Gasteiger partial charge < -0.3 is 0 Å². The zero-order valence-corrected chi connectivity index (χ0v) is 12.5. The second kappa shape index (κ2) is 5.92. The van der Waals surface area contributed by atoms with Crippen LogP contribution in [0.3, 0.4) is 0 Å². The van der Waals surface area contributed by atoms with Crippen LogP contribution in [0, 0.1) is 0 Å². The molecule has 21 heavy (non-hydrogen) atoms. The molecule has 0 atom stereocenters. The largest absolute Gasteiger partial charge is 0.248 e. The minimum Gasteiger partial charge on any atom is -0.248 e. The third-order valence-corrected chi connectivity index (χ3v) is 3.67. The van der Waals surface area contributed by atoms with E-state index in [-0.39, 0.29) is 0 Å². The second-order valence-corrected chi connectivity index (χ2v) is 5.55. The van der Waals surface area contributed by atoms with Crippen LogP contribution < -0.4 is 0 Å². The van der Waals surface area contributed by atoms with E-state index >= 15 is 0 Å². The van der Waals surface area contributed by atoms with E-state index in [1.165, 1.54) is 11.1 Å². The molecule has 1 heterocycles. The quantitative estimate of drug-likeness (QED) is 0.610. The monoisotopic (exact) mass is 273 g/mol. The van der Waals surface area contributed by atoms with E-state index in [9.17, 15) is 0 Å². The van der Waals surface area contributed by atoms with Crippen LogP contribution in [0.2, 0.25) is 0 Å². The lowest BCUT2D eigenvalue weighted by Crippen LogP contribution is -1.91. The van der Waals surface area contributed by atoms with Crippen molar-refractivity contribution in [1.82, 2.24) is 4.98 Å². The average molecular weight is 273 g/mol. The zero-order valence-electron chi connectivity index (χ0n) is 12.5. The Morgan fingerprint density at radius 1 is 0.667 bits per heavy atom. The fraction of sp³-hybridized carbons (Fsp3) is 0.150. The number of aromatic nitrogens is 1. The predicted octanol–water partition coefficient (Wildman–Crippen LogP) is 5.54. The van der Waals surface area contributed by atoms with Crippen molar-refractivity contribution in [3.63, 3.8) is 0 Å². The molecule has 3 rings (SSSR count). The smallest absolute Gasteiger partial charge is 0.0709 e. The van der Waals surface area contributed by atoms with Gasteiger partial charge in [-0.15, -0.1) is 0 Å². The Morgan fingerprint density at radius 3 is 2.00 bits per heavy atom. The molecule has 0 amide bonds. The van der Waals surface area contributed by atoms with E-state index in [1.54, 1.807) is 0 Å². The molecular formula is C20H19N. The van der Waals surface area contributed by atoms with E-state index in [4.69, 9.17) is 4.98 Å². The summed E-state index contributed by atoms with van der Waals surface area (Å²) < 4.78 is 0. The summed E-state index contributed by atoms with van der Waals surface area (Å²) in [7, 11) is 0. The van der Waals surface area contributed by atoms with Crippen molar-refractivity contribution in [2.45, 2.75) is 19.8 Å². The Morgan fingerprint density at radius 2 is 1.29 bits per heavy atom. The molecule has 0 bridgehead atoms. The van der Waals surface area contributed by atoms with Crippen LogP contribution in [0.4, 0.5) is 0 Å². The zero-order chi connectivity index (χ0) is 14.7. The highest BCUT2D eigenvalue weighted by atomic mass is 14.7. The Kier molecular flexibility index (Phi) is 3.83. The number of rotatable bonds is 3. The standard InChI is InChI=1S/C20H19N/c1-15(2)17-10-6-11-18(14-17)20-13-7-12-19(21-20)16-8-4-3-5-9-16/h3-15H,1-2H3. The van der Waals surface area contributed by atoms with Crippen LogP contribution in [0.5, 0.6) is 0 Å². The van der Waals surface area contributed by atoms with Gasteiger partial charge in [0.05, 0.1) is 11.4 Å². The first-order valence-electron chi connectivity index (χ1n) is 7.37. The molecule has 1 nitrogen and oxygen atoms in total. The van der Waals surface area contributed by atoms with Crippen molar-refractivity contribution in [3.05, 3.63) is 78.4 Å². The van der Waals surface area contributed by atoms with Crippen LogP contribution >= 0.6 is 0 Å². The summed E-state index contributed by atoms with van der Waals surface area (Å²) in [6.07, 6.45) is 0. The van der Waals surface area contributed by atoms with Gasteiger partial charge in [0, 0.05) is 11.1 Å². The van der Waals surface area contributed by atoms with Crippen LogP contribution in [-0.4, -0.2) is 4.98 Å². The van der Waals surface area contributed by atoms with Gasteiger partial charge in [-0.05, 0) is 29.7 Å². The first kappa shape index (κ1) is 13.6. The summed E-state index contributed by atoms with van der Waals surface area (Å²) >= 11 is 0. The van der Waals surface area contributed by atoms with E-state index < -0.39 is 0 Å². The van der Waals surface area contributed by atoms with Gasteiger partial charge in [0.1, 0.15) is 0 Å². The molecule has 0 unspecified atom stereocenters. The molecule has 0 aliphatic rings. The molecule has 0 saturated heterocycles. The van der Waals surface area contributed by atoms with Gasteiger partial charge >= 0.3 is 0 Å². The van der Waals surface area contributed by atoms with Crippen molar-refractivity contribution in [1.29, 1.82) is 0 Å². The van der Waals surface area contributed by atoms with Crippen LogP contribution in [-0.2, 0) is 0 Å². The molecule has 0 radical (unpaired) electrons. The van der Waals surface area contributed by atoms with E-state index in [0.29, 0.717) is 5.92 Å². The van der Waals surface area contributed by atoms with Crippen LogP contribution in [0.15, 0.2) is 72.8 Å². The molecule has 1 aromatic heterocycles. The summed E-state index contributed by atoms with van der Waals surface area (Å²) in [4.78, 5) is 4.81. The van der Waals surface area contributed by atoms with Crippen molar-refractivity contribution >= 4 is 0 Å². The molecule has 0 N–H and O–H groups in total. The van der Waals surface area contributed by atoms with Crippen LogP contribution in [0.1, 0.15) is 25.3 Å². The van der Waals surface area contributed by atoms with E-state index in [1.807, 2.05) is 18.2 Å². The molecule has 0 aliphatic carbocycles. The summed E-state index contributed by atoms with van der Waals surface area (Å²) in [6.45, 7) is 4.43. The second-order valence-electron chi connectivity index (χ2n) is 5.55. The minimum absolute atomic E-state index is 0.530. The maximum Gasteiger partial charge on any atom is 0.0709 e. The highest BCUT2D eigenvalue weighted by molar-refractivity contribution is 5.66. The first-order valence-corrected chi connectivity index (χ1v) is 7.37. The SMILES string of the molecule is CC(C)c1cccc(-c2cccc(-c3ccccc3)n2)c1. The summed E-state index contributed by atoms with van der Waals surface area (Å²) in [6, 6.07) is 25.2. The van der Waals surface area contributed by atoms with Crippen molar-refractivity contribution < 1.29 is 0 Å². The lowest BCUT2D eigenvalue weighted by Gasteiger charge is -2.09. The Labute approximate surface area is 126 Å². The minimum atomic E-state index is 0.530. The Balaban J connectivity index is 2.02. The molecular weight excluding hydrogens is 254 g/mol. The highest BCUT2D eigenvalue weighted by Crippen LogP contribution is 2.25. The number of benzene rings is 2. The molecule has 1 heteroatoms. The molecule has 104 valence electrons. The lowest BCUT2D eigenvalue weighted by molar-refractivity contribution is 0.867. The highest BCUT2D eigenvalue weighted by Gasteiger charge is 2.05. The molecule has 0 saturated carbocycles. The van der Waals surface area contributed by atoms with Gasteiger partial charge in [0.25, 0.3) is 0 Å². The normalized spacial score (nSPS) is 10.8. The average Bonchev–Trinajstić information content (AvgIpc) is 2.56. The fourth-order valence-corrected chi connectivity index (χ4v) is 2.42. The lowest BCUT2D eigenvalue weighted by atomic mass is 9.99. The molecule has 0 aliphatic heterocycles. The number of pyridine rings is 1. The van der Waals surface area contributed by atoms with Gasteiger partial charge in [0.2, 0.25) is 0 Å².